The van der Waals surface area contributed by atoms with Crippen molar-refractivity contribution in [2.45, 2.75) is 26.9 Å². The zero-order chi connectivity index (χ0) is 13.6. The van der Waals surface area contributed by atoms with E-state index in [0.29, 0.717) is 24.7 Å². The number of ether oxygens (including phenoxy) is 1. The van der Waals surface area contributed by atoms with Gasteiger partial charge in [-0.3, -0.25) is 0 Å². The van der Waals surface area contributed by atoms with Crippen LogP contribution in [-0.2, 0) is 11.3 Å². The Balaban J connectivity index is 2.38. The van der Waals surface area contributed by atoms with E-state index in [2.05, 4.69) is 5.16 Å². The van der Waals surface area contributed by atoms with Gasteiger partial charge in [0.15, 0.2) is 0 Å². The van der Waals surface area contributed by atoms with Crippen LogP contribution in [-0.4, -0.2) is 17.6 Å². The van der Waals surface area contributed by atoms with E-state index in [9.17, 15) is 0 Å². The largest absolute Gasteiger partial charge is 0.409 e. The fraction of sp³-hybridized carbons (Fsp3) is 0.462. The summed E-state index contributed by atoms with van der Waals surface area (Å²) in [4.78, 5) is 0. The van der Waals surface area contributed by atoms with Gasteiger partial charge in [0, 0.05) is 17.0 Å². The summed E-state index contributed by atoms with van der Waals surface area (Å²) in [5.41, 5.74) is 6.17. The van der Waals surface area contributed by atoms with Crippen LogP contribution in [0, 0.1) is 5.41 Å². The van der Waals surface area contributed by atoms with Gasteiger partial charge in [-0.15, -0.1) is 0 Å². The summed E-state index contributed by atoms with van der Waals surface area (Å²) in [5, 5.41) is 12.4. The van der Waals surface area contributed by atoms with E-state index in [1.165, 1.54) is 0 Å². The highest BCUT2D eigenvalue weighted by molar-refractivity contribution is 6.31. The van der Waals surface area contributed by atoms with Gasteiger partial charge < -0.3 is 15.7 Å². The van der Waals surface area contributed by atoms with Crippen molar-refractivity contribution in [3.05, 3.63) is 34.9 Å². The second kappa shape index (κ2) is 6.61. The summed E-state index contributed by atoms with van der Waals surface area (Å²) >= 11 is 6.01. The summed E-state index contributed by atoms with van der Waals surface area (Å²) in [6.45, 7) is 4.79. The molecule has 3 N–H and O–H groups in total. The van der Waals surface area contributed by atoms with E-state index in [0.717, 1.165) is 5.56 Å². The molecule has 0 radical (unpaired) electrons. The molecule has 1 aromatic rings. The molecule has 0 aliphatic rings. The molecule has 0 aliphatic carbocycles. The molecule has 1 rings (SSSR count). The van der Waals surface area contributed by atoms with Crippen molar-refractivity contribution in [1.29, 1.82) is 0 Å². The topological polar surface area (TPSA) is 67.8 Å². The molecule has 0 saturated heterocycles. The number of halogens is 1. The van der Waals surface area contributed by atoms with Crippen LogP contribution in [0.4, 0.5) is 0 Å². The first kappa shape index (κ1) is 14.8. The van der Waals surface area contributed by atoms with Crippen molar-refractivity contribution >= 4 is 17.4 Å². The number of oxime groups is 1. The lowest BCUT2D eigenvalue weighted by Gasteiger charge is -2.22. The fourth-order valence-electron chi connectivity index (χ4n) is 1.39. The Morgan fingerprint density at radius 1 is 1.44 bits per heavy atom. The van der Waals surface area contributed by atoms with Crippen molar-refractivity contribution in [2.24, 2.45) is 16.3 Å². The zero-order valence-electron chi connectivity index (χ0n) is 10.7. The molecule has 0 spiro atoms. The van der Waals surface area contributed by atoms with Gasteiger partial charge in [-0.2, -0.15) is 0 Å². The molecular weight excluding hydrogens is 252 g/mol. The first-order valence-corrected chi connectivity index (χ1v) is 6.14. The van der Waals surface area contributed by atoms with E-state index in [-0.39, 0.29) is 11.3 Å². The molecule has 0 heterocycles. The minimum Gasteiger partial charge on any atom is -0.409 e. The number of nitrogens with zero attached hydrogens (tertiary/aromatic N) is 1. The molecule has 0 bridgehead atoms. The normalized spacial score (nSPS) is 12.7. The maximum absolute atomic E-state index is 8.65. The fourth-order valence-corrected chi connectivity index (χ4v) is 1.58. The Morgan fingerprint density at radius 2 is 2.11 bits per heavy atom. The Morgan fingerprint density at radius 3 is 2.72 bits per heavy atom. The predicted molar refractivity (Wildman–Crippen MR) is 72.9 cm³/mol. The van der Waals surface area contributed by atoms with Crippen molar-refractivity contribution in [3.63, 3.8) is 0 Å². The van der Waals surface area contributed by atoms with Crippen LogP contribution in [0.5, 0.6) is 0 Å². The van der Waals surface area contributed by atoms with Crippen LogP contribution < -0.4 is 5.73 Å². The number of hydrogen-bond acceptors (Lipinski definition) is 3. The highest BCUT2D eigenvalue weighted by Gasteiger charge is 2.23. The molecule has 0 unspecified atom stereocenters. The smallest absolute Gasteiger partial charge is 0.144 e. The van der Waals surface area contributed by atoms with Crippen LogP contribution >= 0.6 is 11.6 Å². The van der Waals surface area contributed by atoms with Crippen LogP contribution in [0.2, 0.25) is 5.02 Å². The molecule has 18 heavy (non-hydrogen) atoms. The Bertz CT molecular complexity index is 419. The average Bonchev–Trinajstić information content (AvgIpc) is 2.35. The molecular formula is C13H19ClN2O2. The maximum atomic E-state index is 8.65. The van der Waals surface area contributed by atoms with Crippen LogP contribution in [0.25, 0.3) is 0 Å². The average molecular weight is 271 g/mol. The van der Waals surface area contributed by atoms with Gasteiger partial charge in [0.2, 0.25) is 0 Å². The van der Waals surface area contributed by atoms with Gasteiger partial charge in [0.05, 0.1) is 6.61 Å². The minimum absolute atomic E-state index is 0.212. The third-order valence-electron chi connectivity index (χ3n) is 2.89. The highest BCUT2D eigenvalue weighted by Crippen LogP contribution is 2.21. The van der Waals surface area contributed by atoms with Crippen molar-refractivity contribution < 1.29 is 9.94 Å². The zero-order valence-corrected chi connectivity index (χ0v) is 11.4. The van der Waals surface area contributed by atoms with Gasteiger partial charge in [0.25, 0.3) is 0 Å². The van der Waals surface area contributed by atoms with Gasteiger partial charge >= 0.3 is 0 Å². The molecule has 4 nitrogen and oxygen atoms in total. The Labute approximate surface area is 112 Å². The minimum atomic E-state index is -0.380. The number of benzene rings is 1. The SMILES string of the molecule is CC(C)(CCOCc1ccccc1Cl)C(N)=NO. The molecule has 0 aliphatic heterocycles. The standard InChI is InChI=1S/C13H19ClN2O2/c1-13(2,12(15)16-17)7-8-18-9-10-5-3-4-6-11(10)14/h3-6,17H,7-9H2,1-2H3,(H2,15,16). The van der Waals surface area contributed by atoms with Crippen LogP contribution in [0.1, 0.15) is 25.8 Å². The summed E-state index contributed by atoms with van der Waals surface area (Å²) in [7, 11) is 0. The predicted octanol–water partition coefficient (Wildman–Crippen LogP) is 3.02. The molecule has 0 saturated carbocycles. The molecule has 0 aromatic heterocycles. The molecule has 100 valence electrons. The number of rotatable bonds is 6. The van der Waals surface area contributed by atoms with Gasteiger partial charge in [-0.05, 0) is 18.1 Å². The first-order chi connectivity index (χ1) is 8.47. The van der Waals surface area contributed by atoms with Gasteiger partial charge in [-0.1, -0.05) is 48.8 Å². The Hall–Kier alpha value is -1.26. The number of hydrogen-bond donors (Lipinski definition) is 2. The number of nitrogens with two attached hydrogens (primary N) is 1. The molecule has 0 atom stereocenters. The second-order valence-electron chi connectivity index (χ2n) is 4.76. The maximum Gasteiger partial charge on any atom is 0.144 e. The number of amidine groups is 1. The highest BCUT2D eigenvalue weighted by atomic mass is 35.5. The van der Waals surface area contributed by atoms with Crippen molar-refractivity contribution in [1.82, 2.24) is 0 Å². The summed E-state index contributed by atoms with van der Waals surface area (Å²) in [6.07, 6.45) is 0.674. The third kappa shape index (κ3) is 4.20. The Kier molecular flexibility index (Phi) is 5.44. The van der Waals surface area contributed by atoms with Crippen LogP contribution in [0.15, 0.2) is 29.4 Å². The molecule has 1 aromatic carbocycles. The van der Waals surface area contributed by atoms with Gasteiger partial charge in [0.1, 0.15) is 5.84 Å². The molecule has 0 fully saturated rings. The van der Waals surface area contributed by atoms with Crippen molar-refractivity contribution in [3.8, 4) is 0 Å². The quantitative estimate of drug-likeness (QED) is 0.274. The van der Waals surface area contributed by atoms with E-state index in [1.807, 2.05) is 38.1 Å². The third-order valence-corrected chi connectivity index (χ3v) is 3.26. The van der Waals surface area contributed by atoms with E-state index < -0.39 is 0 Å². The summed E-state index contributed by atoms with van der Waals surface area (Å²) in [6, 6.07) is 7.57. The van der Waals surface area contributed by atoms with Crippen molar-refractivity contribution in [2.75, 3.05) is 6.61 Å². The van der Waals surface area contributed by atoms with E-state index in [1.54, 1.807) is 0 Å². The van der Waals surface area contributed by atoms with Crippen LogP contribution in [0.3, 0.4) is 0 Å². The molecule has 5 heteroatoms. The second-order valence-corrected chi connectivity index (χ2v) is 5.17. The lowest BCUT2D eigenvalue weighted by Crippen LogP contribution is -2.33. The van der Waals surface area contributed by atoms with E-state index in [4.69, 9.17) is 27.3 Å². The monoisotopic (exact) mass is 270 g/mol. The summed E-state index contributed by atoms with van der Waals surface area (Å²) < 4.78 is 5.55. The van der Waals surface area contributed by atoms with E-state index >= 15 is 0 Å². The molecule has 0 amide bonds. The van der Waals surface area contributed by atoms with Gasteiger partial charge in [-0.25, -0.2) is 0 Å². The lowest BCUT2D eigenvalue weighted by molar-refractivity contribution is 0.103. The lowest BCUT2D eigenvalue weighted by atomic mass is 9.88. The first-order valence-electron chi connectivity index (χ1n) is 5.76. The summed E-state index contributed by atoms with van der Waals surface area (Å²) in [5.74, 6) is 0.212.